The lowest BCUT2D eigenvalue weighted by atomic mass is 10.1. The highest BCUT2D eigenvalue weighted by atomic mass is 35.5. The first-order chi connectivity index (χ1) is 8.67. The number of methoxy groups -OCH3 is 1. The second kappa shape index (κ2) is 7.95. The van der Waals surface area contributed by atoms with Crippen molar-refractivity contribution in [3.8, 4) is 0 Å². The van der Waals surface area contributed by atoms with Crippen LogP contribution in [0.15, 0.2) is 24.3 Å². The van der Waals surface area contributed by atoms with E-state index in [-0.39, 0.29) is 12.1 Å². The van der Waals surface area contributed by atoms with Gasteiger partial charge in [0.2, 0.25) is 0 Å². The minimum Gasteiger partial charge on any atom is -0.383 e. The molecule has 0 aliphatic heterocycles. The topological polar surface area (TPSA) is 50.4 Å². The van der Waals surface area contributed by atoms with Crippen LogP contribution in [-0.2, 0) is 4.74 Å². The summed E-state index contributed by atoms with van der Waals surface area (Å²) in [5, 5.41) is 6.33. The fourth-order valence-electron chi connectivity index (χ4n) is 1.59. The van der Waals surface area contributed by atoms with Gasteiger partial charge in [-0.25, -0.2) is 4.79 Å². The summed E-state index contributed by atoms with van der Waals surface area (Å²) >= 11 is 5.84. The normalized spacial score (nSPS) is 11.9. The van der Waals surface area contributed by atoms with Crippen LogP contribution >= 0.6 is 11.6 Å². The first-order valence-electron chi connectivity index (χ1n) is 5.96. The van der Waals surface area contributed by atoms with Crippen molar-refractivity contribution in [3.63, 3.8) is 0 Å². The van der Waals surface area contributed by atoms with Crippen molar-refractivity contribution in [3.05, 3.63) is 34.9 Å². The Morgan fingerprint density at radius 1 is 1.39 bits per heavy atom. The number of halogens is 1. The molecule has 100 valence electrons. The summed E-state index contributed by atoms with van der Waals surface area (Å²) in [4.78, 5) is 11.6. The second-order valence-corrected chi connectivity index (χ2v) is 4.34. The number of benzene rings is 1. The number of rotatable bonds is 6. The standard InChI is InChI=1S/C13H19ClN2O2/c1-3-12(10-4-6-11(14)7-5-10)16-13(17)15-8-9-18-2/h4-7,12H,3,8-9H2,1-2H3,(H2,15,16,17)/t12-/m0/s1. The zero-order valence-corrected chi connectivity index (χ0v) is 11.5. The average molecular weight is 271 g/mol. The van der Waals surface area contributed by atoms with E-state index in [4.69, 9.17) is 16.3 Å². The van der Waals surface area contributed by atoms with E-state index < -0.39 is 0 Å². The SMILES string of the molecule is CC[C@H](NC(=O)NCCOC)c1ccc(Cl)cc1. The van der Waals surface area contributed by atoms with Gasteiger partial charge < -0.3 is 15.4 Å². The monoisotopic (exact) mass is 270 g/mol. The first-order valence-corrected chi connectivity index (χ1v) is 6.34. The molecule has 0 bridgehead atoms. The maximum absolute atomic E-state index is 11.6. The molecule has 0 saturated carbocycles. The predicted octanol–water partition coefficient (Wildman–Crippen LogP) is 2.74. The van der Waals surface area contributed by atoms with Crippen LogP contribution in [-0.4, -0.2) is 26.3 Å². The Morgan fingerprint density at radius 3 is 2.61 bits per heavy atom. The van der Waals surface area contributed by atoms with Gasteiger partial charge in [-0.2, -0.15) is 0 Å². The maximum atomic E-state index is 11.6. The van der Waals surface area contributed by atoms with Gasteiger partial charge in [0, 0.05) is 18.7 Å². The molecule has 0 aromatic heterocycles. The summed E-state index contributed by atoms with van der Waals surface area (Å²) in [7, 11) is 1.60. The lowest BCUT2D eigenvalue weighted by Crippen LogP contribution is -2.39. The number of carbonyl (C=O) groups is 1. The minimum absolute atomic E-state index is 0.00943. The number of hydrogen-bond acceptors (Lipinski definition) is 2. The summed E-state index contributed by atoms with van der Waals surface area (Å²) in [6.45, 7) is 3.03. The third-order valence-corrected chi connectivity index (χ3v) is 2.83. The Morgan fingerprint density at radius 2 is 2.06 bits per heavy atom. The number of carbonyl (C=O) groups excluding carboxylic acids is 1. The highest BCUT2D eigenvalue weighted by Crippen LogP contribution is 2.18. The van der Waals surface area contributed by atoms with E-state index in [0.717, 1.165) is 12.0 Å². The van der Waals surface area contributed by atoms with Crippen molar-refractivity contribution >= 4 is 17.6 Å². The van der Waals surface area contributed by atoms with Crippen molar-refractivity contribution in [1.29, 1.82) is 0 Å². The Hall–Kier alpha value is -1.26. The quantitative estimate of drug-likeness (QED) is 0.781. The molecule has 5 heteroatoms. The van der Waals surface area contributed by atoms with Gasteiger partial charge in [0.05, 0.1) is 12.6 Å². The van der Waals surface area contributed by atoms with Crippen LogP contribution in [0.1, 0.15) is 24.9 Å². The predicted molar refractivity (Wildman–Crippen MR) is 72.9 cm³/mol. The van der Waals surface area contributed by atoms with Crippen molar-refractivity contribution < 1.29 is 9.53 Å². The summed E-state index contributed by atoms with van der Waals surface area (Å²) in [6, 6.07) is 7.30. The van der Waals surface area contributed by atoms with Gasteiger partial charge in [-0.3, -0.25) is 0 Å². The van der Waals surface area contributed by atoms with Gasteiger partial charge in [0.25, 0.3) is 0 Å². The second-order valence-electron chi connectivity index (χ2n) is 3.91. The van der Waals surface area contributed by atoms with Crippen molar-refractivity contribution in [1.82, 2.24) is 10.6 Å². The van der Waals surface area contributed by atoms with Crippen molar-refractivity contribution in [2.24, 2.45) is 0 Å². The van der Waals surface area contributed by atoms with Gasteiger partial charge >= 0.3 is 6.03 Å². The summed E-state index contributed by atoms with van der Waals surface area (Å²) in [5.41, 5.74) is 1.05. The third kappa shape index (κ3) is 4.94. The molecule has 0 unspecified atom stereocenters. The molecule has 0 spiro atoms. The zero-order chi connectivity index (χ0) is 13.4. The van der Waals surface area contributed by atoms with Crippen LogP contribution in [0, 0.1) is 0 Å². The average Bonchev–Trinajstić information content (AvgIpc) is 2.37. The molecule has 2 N–H and O–H groups in total. The fourth-order valence-corrected chi connectivity index (χ4v) is 1.72. The molecule has 0 aliphatic carbocycles. The van der Waals surface area contributed by atoms with E-state index >= 15 is 0 Å². The number of hydrogen-bond donors (Lipinski definition) is 2. The molecule has 0 radical (unpaired) electrons. The van der Waals surface area contributed by atoms with E-state index in [1.54, 1.807) is 7.11 Å². The van der Waals surface area contributed by atoms with E-state index in [2.05, 4.69) is 10.6 Å². The van der Waals surface area contributed by atoms with Crippen molar-refractivity contribution in [2.75, 3.05) is 20.3 Å². The fraction of sp³-hybridized carbons (Fsp3) is 0.462. The smallest absolute Gasteiger partial charge is 0.315 e. The molecule has 1 aromatic rings. The Balaban J connectivity index is 2.51. The molecule has 4 nitrogen and oxygen atoms in total. The Labute approximate surface area is 113 Å². The van der Waals surface area contributed by atoms with Crippen LogP contribution in [0.4, 0.5) is 4.79 Å². The summed E-state index contributed by atoms with van der Waals surface area (Å²) < 4.78 is 4.86. The van der Waals surface area contributed by atoms with Gasteiger partial charge in [-0.15, -0.1) is 0 Å². The molecule has 1 rings (SSSR count). The molecule has 0 saturated heterocycles. The lowest BCUT2D eigenvalue weighted by Gasteiger charge is -2.18. The van der Waals surface area contributed by atoms with E-state index in [1.807, 2.05) is 31.2 Å². The molecular weight excluding hydrogens is 252 g/mol. The molecule has 2 amide bonds. The molecule has 1 aromatic carbocycles. The number of urea groups is 1. The zero-order valence-electron chi connectivity index (χ0n) is 10.7. The Bertz CT molecular complexity index is 368. The molecule has 1 atom stereocenters. The van der Waals surface area contributed by atoms with Crippen LogP contribution in [0.25, 0.3) is 0 Å². The first kappa shape index (κ1) is 14.8. The molecular formula is C13H19ClN2O2. The van der Waals surface area contributed by atoms with Crippen molar-refractivity contribution in [2.45, 2.75) is 19.4 Å². The van der Waals surface area contributed by atoms with Gasteiger partial charge in [-0.05, 0) is 24.1 Å². The van der Waals surface area contributed by atoms with Crippen LogP contribution in [0.3, 0.4) is 0 Å². The summed E-state index contributed by atoms with van der Waals surface area (Å²) in [6.07, 6.45) is 0.819. The molecule has 0 heterocycles. The van der Waals surface area contributed by atoms with Gasteiger partial charge in [0.15, 0.2) is 0 Å². The highest BCUT2D eigenvalue weighted by molar-refractivity contribution is 6.30. The highest BCUT2D eigenvalue weighted by Gasteiger charge is 2.11. The number of amides is 2. The Kier molecular flexibility index (Phi) is 6.54. The van der Waals surface area contributed by atoms with Gasteiger partial charge in [-0.1, -0.05) is 30.7 Å². The van der Waals surface area contributed by atoms with Crippen LogP contribution in [0.5, 0.6) is 0 Å². The van der Waals surface area contributed by atoms with Gasteiger partial charge in [0.1, 0.15) is 0 Å². The number of nitrogens with one attached hydrogen (secondary N) is 2. The third-order valence-electron chi connectivity index (χ3n) is 2.58. The minimum atomic E-state index is -0.186. The largest absolute Gasteiger partial charge is 0.383 e. The van der Waals surface area contributed by atoms with E-state index in [0.29, 0.717) is 18.2 Å². The summed E-state index contributed by atoms with van der Waals surface area (Å²) in [5.74, 6) is 0. The molecule has 0 fully saturated rings. The maximum Gasteiger partial charge on any atom is 0.315 e. The molecule has 18 heavy (non-hydrogen) atoms. The van der Waals surface area contributed by atoms with E-state index in [9.17, 15) is 4.79 Å². The van der Waals surface area contributed by atoms with Crippen LogP contribution < -0.4 is 10.6 Å². The van der Waals surface area contributed by atoms with Crippen LogP contribution in [0.2, 0.25) is 5.02 Å². The van der Waals surface area contributed by atoms with E-state index in [1.165, 1.54) is 0 Å². The lowest BCUT2D eigenvalue weighted by molar-refractivity contribution is 0.195. The molecule has 0 aliphatic rings. The number of ether oxygens (including phenoxy) is 1.